The van der Waals surface area contributed by atoms with E-state index in [0.29, 0.717) is 16.8 Å². The molecule has 1 aromatic carbocycles. The van der Waals surface area contributed by atoms with Crippen molar-refractivity contribution in [2.75, 3.05) is 13.1 Å². The number of piperidine rings is 3. The van der Waals surface area contributed by atoms with Gasteiger partial charge >= 0.3 is 0 Å². The summed E-state index contributed by atoms with van der Waals surface area (Å²) in [5.74, 6) is 1.45. The molecule has 0 aliphatic carbocycles. The highest BCUT2D eigenvalue weighted by atomic mass is 32.1. The highest BCUT2D eigenvalue weighted by Gasteiger charge is 2.40. The molecular formula is C20H24N2O2S. The summed E-state index contributed by atoms with van der Waals surface area (Å²) in [5, 5.41) is 4.02. The molecule has 1 amide bonds. The first-order valence-corrected chi connectivity index (χ1v) is 9.81. The number of nitrogens with one attached hydrogen (secondary N) is 1. The molecule has 4 heterocycles. The van der Waals surface area contributed by atoms with Crippen molar-refractivity contribution >= 4 is 17.2 Å². The summed E-state index contributed by atoms with van der Waals surface area (Å²) < 4.78 is 5.88. The maximum Gasteiger partial charge on any atom is 0.261 e. The highest BCUT2D eigenvalue weighted by Crippen LogP contribution is 2.33. The fourth-order valence-electron chi connectivity index (χ4n) is 4.06. The van der Waals surface area contributed by atoms with E-state index in [0.717, 1.165) is 16.4 Å². The quantitative estimate of drug-likeness (QED) is 0.898. The molecule has 3 saturated heterocycles. The number of ether oxygens (including phenoxy) is 1. The topological polar surface area (TPSA) is 41.6 Å². The van der Waals surface area contributed by atoms with Gasteiger partial charge in [-0.15, -0.1) is 0 Å². The lowest BCUT2D eigenvalue weighted by atomic mass is 9.79. The summed E-state index contributed by atoms with van der Waals surface area (Å²) >= 11 is 1.40. The number of carbonyl (C=O) groups excluding carboxylic acids is 1. The third-order valence-corrected chi connectivity index (χ3v) is 6.45. The summed E-state index contributed by atoms with van der Waals surface area (Å²) in [6, 6.07) is 12.4. The van der Waals surface area contributed by atoms with Crippen molar-refractivity contribution in [3.8, 4) is 10.8 Å². The lowest BCUT2D eigenvalue weighted by Crippen LogP contribution is -2.62. The number of amides is 1. The molecule has 132 valence electrons. The van der Waals surface area contributed by atoms with Crippen molar-refractivity contribution in [2.24, 2.45) is 5.92 Å². The molecule has 2 aromatic rings. The number of rotatable bonds is 4. The van der Waals surface area contributed by atoms with Crippen molar-refractivity contribution < 1.29 is 9.53 Å². The minimum Gasteiger partial charge on any atom is -0.447 e. The average molecular weight is 356 g/mol. The Hall–Kier alpha value is -1.85. The summed E-state index contributed by atoms with van der Waals surface area (Å²) in [4.78, 5) is 15.9. The number of benzene rings is 1. The van der Waals surface area contributed by atoms with Crippen molar-refractivity contribution in [1.82, 2.24) is 10.2 Å². The monoisotopic (exact) mass is 356 g/mol. The second kappa shape index (κ2) is 6.81. The predicted molar refractivity (Wildman–Crippen MR) is 101 cm³/mol. The number of hydrogen-bond acceptors (Lipinski definition) is 4. The van der Waals surface area contributed by atoms with Gasteiger partial charge in [-0.05, 0) is 75.5 Å². The SMILES string of the molecule is Cc1cccc(Oc2ccc(C(=O)NC3C4CCN(CC4)C3C)s2)c1. The van der Waals surface area contributed by atoms with Crippen LogP contribution in [-0.2, 0) is 0 Å². The van der Waals surface area contributed by atoms with E-state index in [1.54, 1.807) is 0 Å². The van der Waals surface area contributed by atoms with Gasteiger partial charge in [0.05, 0.1) is 4.88 Å². The van der Waals surface area contributed by atoms with Crippen LogP contribution < -0.4 is 10.1 Å². The standard InChI is InChI=1S/C20H24N2O2S/c1-13-4-3-5-16(12-13)24-18-7-6-17(25-18)20(23)21-19-14(2)22-10-8-15(19)9-11-22/h3-7,12,14-15,19H,8-11H2,1-2H3,(H,21,23). The van der Waals surface area contributed by atoms with Gasteiger partial charge in [0, 0.05) is 12.1 Å². The van der Waals surface area contributed by atoms with Gasteiger partial charge in [-0.1, -0.05) is 23.5 Å². The molecule has 2 atom stereocenters. The first-order valence-electron chi connectivity index (χ1n) is 8.99. The Kier molecular flexibility index (Phi) is 4.52. The molecule has 1 aromatic heterocycles. The van der Waals surface area contributed by atoms with Gasteiger partial charge in [-0.25, -0.2) is 0 Å². The Labute approximate surface area is 152 Å². The van der Waals surface area contributed by atoms with Crippen molar-refractivity contribution in [3.05, 3.63) is 46.8 Å². The molecule has 1 N–H and O–H groups in total. The fourth-order valence-corrected chi connectivity index (χ4v) is 4.84. The molecule has 5 rings (SSSR count). The normalized spacial score (nSPS) is 27.9. The zero-order chi connectivity index (χ0) is 17.4. The van der Waals surface area contributed by atoms with Gasteiger partial charge in [0.25, 0.3) is 5.91 Å². The van der Waals surface area contributed by atoms with E-state index in [9.17, 15) is 4.79 Å². The first-order chi connectivity index (χ1) is 12.1. The van der Waals surface area contributed by atoms with Crippen molar-refractivity contribution in [2.45, 2.75) is 38.8 Å². The van der Waals surface area contributed by atoms with Crippen LogP contribution in [0.5, 0.6) is 10.8 Å². The Morgan fingerprint density at radius 2 is 2.04 bits per heavy atom. The zero-order valence-corrected chi connectivity index (χ0v) is 15.5. The number of carbonyl (C=O) groups is 1. The zero-order valence-electron chi connectivity index (χ0n) is 14.7. The van der Waals surface area contributed by atoms with Crippen LogP contribution in [0.15, 0.2) is 36.4 Å². The van der Waals surface area contributed by atoms with Gasteiger partial charge in [0.1, 0.15) is 5.75 Å². The Bertz CT molecular complexity index is 763. The molecule has 4 nitrogen and oxygen atoms in total. The average Bonchev–Trinajstić information content (AvgIpc) is 3.07. The summed E-state index contributed by atoms with van der Waals surface area (Å²) in [6.07, 6.45) is 2.39. The predicted octanol–water partition coefficient (Wildman–Crippen LogP) is 4.06. The number of aryl methyl sites for hydroxylation is 1. The molecule has 25 heavy (non-hydrogen) atoms. The van der Waals surface area contributed by atoms with Crippen LogP contribution in [0.4, 0.5) is 0 Å². The molecule has 3 aliphatic heterocycles. The smallest absolute Gasteiger partial charge is 0.261 e. The summed E-state index contributed by atoms with van der Waals surface area (Å²) in [5.41, 5.74) is 1.16. The van der Waals surface area contributed by atoms with E-state index in [1.807, 2.05) is 43.3 Å². The second-order valence-corrected chi connectivity index (χ2v) is 8.20. The van der Waals surface area contributed by atoms with Crippen LogP contribution in [-0.4, -0.2) is 36.0 Å². The summed E-state index contributed by atoms with van der Waals surface area (Å²) in [6.45, 7) is 6.61. The minimum absolute atomic E-state index is 0.0229. The van der Waals surface area contributed by atoms with Crippen LogP contribution in [0.3, 0.4) is 0 Å². The largest absolute Gasteiger partial charge is 0.447 e. The summed E-state index contributed by atoms with van der Waals surface area (Å²) in [7, 11) is 0. The van der Waals surface area contributed by atoms with Crippen molar-refractivity contribution in [3.63, 3.8) is 0 Å². The van der Waals surface area contributed by atoms with Gasteiger partial charge in [0.2, 0.25) is 0 Å². The van der Waals surface area contributed by atoms with Gasteiger partial charge in [-0.3, -0.25) is 9.69 Å². The van der Waals surface area contributed by atoms with E-state index in [-0.39, 0.29) is 11.9 Å². The molecular weight excluding hydrogens is 332 g/mol. The van der Waals surface area contributed by atoms with Crippen LogP contribution in [0, 0.1) is 12.8 Å². The minimum atomic E-state index is 0.0229. The van der Waals surface area contributed by atoms with Crippen LogP contribution in [0.2, 0.25) is 0 Å². The molecule has 3 fully saturated rings. The highest BCUT2D eigenvalue weighted by molar-refractivity contribution is 7.15. The first kappa shape index (κ1) is 16.6. The molecule has 3 aliphatic rings. The lowest BCUT2D eigenvalue weighted by molar-refractivity contribution is 0.0218. The maximum atomic E-state index is 12.7. The molecule has 0 spiro atoms. The third-order valence-electron chi connectivity index (χ3n) is 5.49. The molecule has 2 bridgehead atoms. The van der Waals surface area contributed by atoms with E-state index in [2.05, 4.69) is 17.1 Å². The molecule has 2 unspecified atom stereocenters. The van der Waals surface area contributed by atoms with E-state index in [4.69, 9.17) is 4.74 Å². The van der Waals surface area contributed by atoms with E-state index in [1.165, 1.54) is 37.3 Å². The van der Waals surface area contributed by atoms with Crippen LogP contribution in [0.1, 0.15) is 35.0 Å². The Morgan fingerprint density at radius 1 is 1.24 bits per heavy atom. The van der Waals surface area contributed by atoms with Crippen LogP contribution in [0.25, 0.3) is 0 Å². The number of hydrogen-bond donors (Lipinski definition) is 1. The third kappa shape index (κ3) is 3.44. The van der Waals surface area contributed by atoms with E-state index >= 15 is 0 Å². The molecule has 0 radical (unpaired) electrons. The van der Waals surface area contributed by atoms with Gasteiger partial charge < -0.3 is 10.1 Å². The van der Waals surface area contributed by atoms with Gasteiger partial charge in [0.15, 0.2) is 5.06 Å². The van der Waals surface area contributed by atoms with Crippen molar-refractivity contribution in [1.29, 1.82) is 0 Å². The maximum absolute atomic E-state index is 12.7. The second-order valence-electron chi connectivity index (χ2n) is 7.15. The lowest BCUT2D eigenvalue weighted by Gasteiger charge is -2.49. The Balaban J connectivity index is 1.42. The number of fused-ring (bicyclic) bond motifs is 3. The molecule has 5 heteroatoms. The molecule has 0 saturated carbocycles. The Morgan fingerprint density at radius 3 is 2.76 bits per heavy atom. The van der Waals surface area contributed by atoms with E-state index < -0.39 is 0 Å². The van der Waals surface area contributed by atoms with Gasteiger partial charge in [-0.2, -0.15) is 0 Å². The van der Waals surface area contributed by atoms with Crippen LogP contribution >= 0.6 is 11.3 Å². The fraction of sp³-hybridized carbons (Fsp3) is 0.450. The number of nitrogens with zero attached hydrogens (tertiary/aromatic N) is 1. The number of thiophene rings is 1.